The summed E-state index contributed by atoms with van der Waals surface area (Å²) in [5, 5.41) is 23.7. The van der Waals surface area contributed by atoms with Crippen molar-refractivity contribution in [3.8, 4) is 0 Å². The molecule has 1 amide bonds. The van der Waals surface area contributed by atoms with Gasteiger partial charge in [-0.3, -0.25) is 4.79 Å². The number of aromatic nitrogens is 6. The summed E-state index contributed by atoms with van der Waals surface area (Å²) < 4.78 is 14.6. The second-order valence-electron chi connectivity index (χ2n) is 5.25. The number of carbonyl (C=O) groups excluding carboxylic acids is 1. The van der Waals surface area contributed by atoms with Crippen molar-refractivity contribution < 1.29 is 9.18 Å². The molecule has 25 heavy (non-hydrogen) atoms. The van der Waals surface area contributed by atoms with Gasteiger partial charge >= 0.3 is 0 Å². The Kier molecular flexibility index (Phi) is 5.34. The number of rotatable bonds is 6. The van der Waals surface area contributed by atoms with Gasteiger partial charge in [-0.15, -0.1) is 15.3 Å². The van der Waals surface area contributed by atoms with Gasteiger partial charge < -0.3 is 5.32 Å². The van der Waals surface area contributed by atoms with Crippen LogP contribution in [0, 0.1) is 5.82 Å². The molecule has 2 heterocycles. The number of nitrogens with one attached hydrogen (secondary N) is 1. The highest BCUT2D eigenvalue weighted by molar-refractivity contribution is 7.98. The molecule has 0 aliphatic rings. The molecular weight excluding hydrogens is 365 g/mol. The molecule has 130 valence electrons. The van der Waals surface area contributed by atoms with Crippen LogP contribution in [0.15, 0.2) is 29.4 Å². The van der Waals surface area contributed by atoms with Crippen molar-refractivity contribution in [2.45, 2.75) is 30.8 Å². The maximum Gasteiger partial charge on any atom is 0.286 e. The van der Waals surface area contributed by atoms with Gasteiger partial charge in [0.05, 0.1) is 11.8 Å². The summed E-state index contributed by atoms with van der Waals surface area (Å²) in [5.41, 5.74) is 0.494. The van der Waals surface area contributed by atoms with E-state index in [0.29, 0.717) is 21.6 Å². The van der Waals surface area contributed by atoms with E-state index in [4.69, 9.17) is 0 Å². The molecule has 0 saturated carbocycles. The number of anilines is 1. The Balaban J connectivity index is 1.61. The Morgan fingerprint density at radius 2 is 2.04 bits per heavy atom. The average Bonchev–Trinajstić information content (AvgIpc) is 3.24. The van der Waals surface area contributed by atoms with E-state index < -0.39 is 0 Å². The molecule has 0 fully saturated rings. The van der Waals surface area contributed by atoms with Crippen LogP contribution >= 0.6 is 23.1 Å². The molecule has 0 radical (unpaired) electrons. The van der Waals surface area contributed by atoms with Gasteiger partial charge in [0.25, 0.3) is 5.91 Å². The van der Waals surface area contributed by atoms with Crippen molar-refractivity contribution in [3.63, 3.8) is 0 Å². The molecule has 0 unspecified atom stereocenters. The number of tetrazole rings is 1. The van der Waals surface area contributed by atoms with Crippen LogP contribution in [0.25, 0.3) is 0 Å². The van der Waals surface area contributed by atoms with Gasteiger partial charge in [-0.1, -0.05) is 23.1 Å². The summed E-state index contributed by atoms with van der Waals surface area (Å²) in [6.07, 6.45) is 0. The number of halogens is 1. The number of benzene rings is 1. The van der Waals surface area contributed by atoms with E-state index in [1.54, 1.807) is 4.68 Å². The Bertz CT molecular complexity index is 862. The number of hydrogen-bond acceptors (Lipinski definition) is 8. The SMILES string of the molecule is CC(C)n1nnnc1SCc1nnc(C(=O)Nc2ccc(F)cc2)s1. The number of thioether (sulfide) groups is 1. The second-order valence-corrected chi connectivity index (χ2v) is 7.25. The summed E-state index contributed by atoms with van der Waals surface area (Å²) in [6, 6.07) is 5.67. The van der Waals surface area contributed by atoms with E-state index in [9.17, 15) is 9.18 Å². The summed E-state index contributed by atoms with van der Waals surface area (Å²) >= 11 is 2.62. The Hall–Kier alpha value is -2.40. The molecule has 11 heteroatoms. The van der Waals surface area contributed by atoms with Gasteiger partial charge in [-0.05, 0) is 48.5 Å². The van der Waals surface area contributed by atoms with Crippen LogP contribution in [0.4, 0.5) is 10.1 Å². The van der Waals surface area contributed by atoms with Crippen LogP contribution in [0.2, 0.25) is 0 Å². The zero-order valence-corrected chi connectivity index (χ0v) is 15.0. The average molecular weight is 379 g/mol. The molecule has 3 rings (SSSR count). The first kappa shape index (κ1) is 17.4. The maximum atomic E-state index is 12.9. The van der Waals surface area contributed by atoms with Crippen molar-refractivity contribution in [1.82, 2.24) is 30.4 Å². The molecule has 2 aromatic heterocycles. The summed E-state index contributed by atoms with van der Waals surface area (Å²) in [7, 11) is 0. The van der Waals surface area contributed by atoms with E-state index >= 15 is 0 Å². The van der Waals surface area contributed by atoms with Crippen LogP contribution in [0.3, 0.4) is 0 Å². The predicted molar refractivity (Wildman–Crippen MR) is 92.0 cm³/mol. The minimum Gasteiger partial charge on any atom is -0.320 e. The van der Waals surface area contributed by atoms with E-state index in [-0.39, 0.29) is 22.8 Å². The standard InChI is InChI=1S/C14H14FN7OS2/c1-8(2)22-14(19-20-21-22)24-7-11-17-18-13(25-11)12(23)16-10-5-3-9(15)4-6-10/h3-6,8H,7H2,1-2H3,(H,16,23). The van der Waals surface area contributed by atoms with E-state index in [1.165, 1.54) is 47.4 Å². The summed E-state index contributed by atoms with van der Waals surface area (Å²) in [4.78, 5) is 12.1. The third kappa shape index (κ3) is 4.37. The summed E-state index contributed by atoms with van der Waals surface area (Å²) in [6.45, 7) is 3.98. The molecule has 0 atom stereocenters. The largest absolute Gasteiger partial charge is 0.320 e. The lowest BCUT2D eigenvalue weighted by atomic mass is 10.3. The maximum absolute atomic E-state index is 12.9. The molecule has 1 aromatic carbocycles. The van der Waals surface area contributed by atoms with Crippen LogP contribution < -0.4 is 5.32 Å². The minimum atomic E-state index is -0.382. The lowest BCUT2D eigenvalue weighted by Crippen LogP contribution is -2.11. The molecule has 3 aromatic rings. The van der Waals surface area contributed by atoms with Crippen molar-refractivity contribution in [2.75, 3.05) is 5.32 Å². The van der Waals surface area contributed by atoms with Gasteiger partial charge in [0.1, 0.15) is 10.8 Å². The number of hydrogen-bond donors (Lipinski definition) is 1. The molecule has 0 aliphatic heterocycles. The number of nitrogens with zero attached hydrogens (tertiary/aromatic N) is 6. The zero-order valence-electron chi connectivity index (χ0n) is 13.4. The van der Waals surface area contributed by atoms with Crippen LogP contribution in [-0.4, -0.2) is 36.3 Å². The van der Waals surface area contributed by atoms with Crippen LogP contribution in [0.1, 0.15) is 34.7 Å². The quantitative estimate of drug-likeness (QED) is 0.658. The fourth-order valence-electron chi connectivity index (χ4n) is 1.85. The molecule has 0 spiro atoms. The summed E-state index contributed by atoms with van der Waals surface area (Å²) in [5.74, 6) is -0.237. The molecular formula is C14H14FN7OS2. The van der Waals surface area contributed by atoms with E-state index in [0.717, 1.165) is 0 Å². The molecule has 0 saturated heterocycles. The van der Waals surface area contributed by atoms with Crippen LogP contribution in [-0.2, 0) is 5.75 Å². The minimum absolute atomic E-state index is 0.156. The van der Waals surface area contributed by atoms with Gasteiger partial charge in [0.2, 0.25) is 10.2 Å². The lowest BCUT2D eigenvalue weighted by Gasteiger charge is -2.05. The van der Waals surface area contributed by atoms with Gasteiger partial charge in [-0.25, -0.2) is 9.07 Å². The highest BCUT2D eigenvalue weighted by Gasteiger charge is 2.15. The number of carbonyl (C=O) groups is 1. The van der Waals surface area contributed by atoms with Crippen molar-refractivity contribution in [3.05, 3.63) is 40.1 Å². The Labute approximate surface area is 150 Å². The third-order valence-corrected chi connectivity index (χ3v) is 5.09. The second kappa shape index (κ2) is 7.66. The van der Waals surface area contributed by atoms with Crippen LogP contribution in [0.5, 0.6) is 0 Å². The van der Waals surface area contributed by atoms with E-state index in [1.807, 2.05) is 13.8 Å². The topological polar surface area (TPSA) is 98.5 Å². The zero-order chi connectivity index (χ0) is 17.8. The first-order valence-corrected chi connectivity index (χ1v) is 9.13. The molecule has 0 bridgehead atoms. The fraction of sp³-hybridized carbons (Fsp3) is 0.286. The fourth-order valence-corrected chi connectivity index (χ4v) is 3.58. The van der Waals surface area contributed by atoms with Gasteiger partial charge in [0.15, 0.2) is 0 Å². The third-order valence-electron chi connectivity index (χ3n) is 3.04. The highest BCUT2D eigenvalue weighted by atomic mass is 32.2. The highest BCUT2D eigenvalue weighted by Crippen LogP contribution is 2.24. The van der Waals surface area contributed by atoms with Crippen molar-refractivity contribution in [1.29, 1.82) is 0 Å². The molecule has 8 nitrogen and oxygen atoms in total. The number of amides is 1. The van der Waals surface area contributed by atoms with Crippen molar-refractivity contribution >= 4 is 34.7 Å². The Morgan fingerprint density at radius 1 is 1.28 bits per heavy atom. The molecule has 0 aliphatic carbocycles. The van der Waals surface area contributed by atoms with Gasteiger partial charge in [0, 0.05) is 5.69 Å². The van der Waals surface area contributed by atoms with Gasteiger partial charge in [-0.2, -0.15) is 0 Å². The van der Waals surface area contributed by atoms with E-state index in [2.05, 4.69) is 31.0 Å². The lowest BCUT2D eigenvalue weighted by molar-refractivity contribution is 0.102. The smallest absolute Gasteiger partial charge is 0.286 e. The predicted octanol–water partition coefficient (Wildman–Crippen LogP) is 2.79. The first-order chi connectivity index (χ1) is 12.0. The first-order valence-electron chi connectivity index (χ1n) is 7.33. The van der Waals surface area contributed by atoms with Crippen molar-refractivity contribution in [2.24, 2.45) is 0 Å². The monoisotopic (exact) mass is 379 g/mol. The normalized spacial score (nSPS) is 11.0. The molecule has 1 N–H and O–H groups in total. The Morgan fingerprint density at radius 3 is 2.76 bits per heavy atom.